The molecule has 19 heavy (non-hydrogen) atoms. The standard InChI is InChI=1S/C16H23BrO2/c1-14(2)10-13(15(3,4)19-14)16(5,18)11-8-6-7-9-12(11)17/h6-9,13,18H,10H2,1-5H3. The maximum Gasteiger partial charge on any atom is 0.0935 e. The van der Waals surface area contributed by atoms with Crippen LogP contribution in [0.15, 0.2) is 28.7 Å². The Bertz CT molecular complexity index is 477. The topological polar surface area (TPSA) is 29.5 Å². The minimum absolute atomic E-state index is 0.0497. The van der Waals surface area contributed by atoms with Gasteiger partial charge in [-0.1, -0.05) is 34.1 Å². The summed E-state index contributed by atoms with van der Waals surface area (Å²) < 4.78 is 7.07. The van der Waals surface area contributed by atoms with Gasteiger partial charge < -0.3 is 9.84 Å². The van der Waals surface area contributed by atoms with Crippen LogP contribution in [0.25, 0.3) is 0 Å². The second-order valence-electron chi connectivity index (χ2n) is 6.85. The van der Waals surface area contributed by atoms with Gasteiger partial charge in [-0.05, 0) is 52.7 Å². The fourth-order valence-corrected chi connectivity index (χ4v) is 4.18. The molecule has 1 heterocycles. The Morgan fingerprint density at radius 3 is 2.32 bits per heavy atom. The highest BCUT2D eigenvalue weighted by Gasteiger charge is 2.54. The van der Waals surface area contributed by atoms with E-state index in [-0.39, 0.29) is 17.1 Å². The zero-order valence-corrected chi connectivity index (χ0v) is 13.9. The molecule has 1 saturated heterocycles. The van der Waals surface area contributed by atoms with Crippen molar-refractivity contribution in [3.05, 3.63) is 34.3 Å². The molecule has 1 aliphatic heterocycles. The molecule has 1 N–H and O–H groups in total. The number of halogens is 1. The van der Waals surface area contributed by atoms with Crippen molar-refractivity contribution < 1.29 is 9.84 Å². The van der Waals surface area contributed by atoms with Gasteiger partial charge in [-0.3, -0.25) is 0 Å². The van der Waals surface area contributed by atoms with Crippen molar-refractivity contribution in [1.29, 1.82) is 0 Å². The SMILES string of the molecule is CC1(C)CC(C(C)(O)c2ccccc2Br)C(C)(C)O1. The van der Waals surface area contributed by atoms with Crippen molar-refractivity contribution >= 4 is 15.9 Å². The highest BCUT2D eigenvalue weighted by molar-refractivity contribution is 9.10. The summed E-state index contributed by atoms with van der Waals surface area (Å²) in [4.78, 5) is 0. The molecule has 0 aromatic heterocycles. The first-order valence-electron chi connectivity index (χ1n) is 6.74. The molecule has 0 spiro atoms. The van der Waals surface area contributed by atoms with Crippen LogP contribution in [0.2, 0.25) is 0 Å². The van der Waals surface area contributed by atoms with E-state index >= 15 is 0 Å². The van der Waals surface area contributed by atoms with Crippen LogP contribution in [0.1, 0.15) is 46.6 Å². The molecular weight excluding hydrogens is 304 g/mol. The lowest BCUT2D eigenvalue weighted by molar-refractivity contribution is -0.111. The monoisotopic (exact) mass is 326 g/mol. The molecule has 1 fully saturated rings. The van der Waals surface area contributed by atoms with Gasteiger partial charge in [-0.15, -0.1) is 0 Å². The van der Waals surface area contributed by atoms with E-state index in [9.17, 15) is 5.11 Å². The lowest BCUT2D eigenvalue weighted by Crippen LogP contribution is -2.42. The molecule has 2 nitrogen and oxygen atoms in total. The molecule has 1 aliphatic rings. The quantitative estimate of drug-likeness (QED) is 0.880. The summed E-state index contributed by atoms with van der Waals surface area (Å²) in [7, 11) is 0. The highest BCUT2D eigenvalue weighted by atomic mass is 79.9. The second kappa shape index (κ2) is 4.57. The van der Waals surface area contributed by atoms with Crippen molar-refractivity contribution in [3.8, 4) is 0 Å². The Kier molecular flexibility index (Phi) is 3.62. The Balaban J connectivity index is 2.43. The van der Waals surface area contributed by atoms with Gasteiger partial charge in [-0.2, -0.15) is 0 Å². The number of aliphatic hydroxyl groups is 1. The first-order chi connectivity index (χ1) is 8.56. The van der Waals surface area contributed by atoms with Crippen LogP contribution in [-0.2, 0) is 10.3 Å². The van der Waals surface area contributed by atoms with Gasteiger partial charge in [0.05, 0.1) is 16.8 Å². The van der Waals surface area contributed by atoms with E-state index in [4.69, 9.17) is 4.74 Å². The Morgan fingerprint density at radius 1 is 1.26 bits per heavy atom. The minimum atomic E-state index is -0.919. The molecule has 2 atom stereocenters. The van der Waals surface area contributed by atoms with E-state index in [2.05, 4.69) is 43.6 Å². The van der Waals surface area contributed by atoms with E-state index < -0.39 is 5.60 Å². The third-order valence-corrected chi connectivity index (χ3v) is 4.86. The highest BCUT2D eigenvalue weighted by Crippen LogP contribution is 2.51. The Morgan fingerprint density at radius 2 is 1.84 bits per heavy atom. The molecule has 1 aromatic carbocycles. The third kappa shape index (κ3) is 2.74. The number of ether oxygens (including phenoxy) is 1. The van der Waals surface area contributed by atoms with E-state index in [0.717, 1.165) is 16.5 Å². The molecule has 0 bridgehead atoms. The predicted octanol–water partition coefficient (Wildman–Crippen LogP) is 4.25. The van der Waals surface area contributed by atoms with Gasteiger partial charge >= 0.3 is 0 Å². The van der Waals surface area contributed by atoms with Crippen molar-refractivity contribution in [2.24, 2.45) is 5.92 Å². The fraction of sp³-hybridized carbons (Fsp3) is 0.625. The number of rotatable bonds is 2. The van der Waals surface area contributed by atoms with Crippen LogP contribution >= 0.6 is 15.9 Å². The summed E-state index contributed by atoms with van der Waals surface area (Å²) >= 11 is 3.54. The van der Waals surface area contributed by atoms with E-state index in [1.165, 1.54) is 0 Å². The molecule has 0 amide bonds. The first kappa shape index (κ1) is 15.0. The summed E-state index contributed by atoms with van der Waals surface area (Å²) in [6.45, 7) is 10.2. The smallest absolute Gasteiger partial charge is 0.0935 e. The van der Waals surface area contributed by atoms with Crippen LogP contribution in [0.5, 0.6) is 0 Å². The molecule has 0 aliphatic carbocycles. The van der Waals surface area contributed by atoms with Crippen LogP contribution in [0.3, 0.4) is 0 Å². The lowest BCUT2D eigenvalue weighted by atomic mass is 9.72. The van der Waals surface area contributed by atoms with E-state index in [1.807, 2.05) is 31.2 Å². The van der Waals surface area contributed by atoms with Crippen molar-refractivity contribution in [2.45, 2.75) is 57.8 Å². The van der Waals surface area contributed by atoms with E-state index in [1.54, 1.807) is 0 Å². The molecule has 0 radical (unpaired) electrons. The fourth-order valence-electron chi connectivity index (χ4n) is 3.50. The minimum Gasteiger partial charge on any atom is -0.385 e. The molecule has 106 valence electrons. The second-order valence-corrected chi connectivity index (χ2v) is 7.70. The van der Waals surface area contributed by atoms with Crippen LogP contribution in [0.4, 0.5) is 0 Å². The van der Waals surface area contributed by atoms with Gasteiger partial charge in [0, 0.05) is 10.4 Å². The maximum atomic E-state index is 11.1. The lowest BCUT2D eigenvalue weighted by Gasteiger charge is -2.38. The van der Waals surface area contributed by atoms with Crippen molar-refractivity contribution in [3.63, 3.8) is 0 Å². The molecule has 0 saturated carbocycles. The summed E-state index contributed by atoms with van der Waals surface area (Å²) in [5, 5.41) is 11.1. The van der Waals surface area contributed by atoms with E-state index in [0.29, 0.717) is 0 Å². The zero-order chi connectivity index (χ0) is 14.5. The van der Waals surface area contributed by atoms with Gasteiger partial charge in [0.15, 0.2) is 0 Å². The maximum absolute atomic E-state index is 11.1. The first-order valence-corrected chi connectivity index (χ1v) is 7.53. The Labute approximate surface area is 124 Å². The van der Waals surface area contributed by atoms with Gasteiger partial charge in [0.1, 0.15) is 0 Å². The summed E-state index contributed by atoms with van der Waals surface area (Å²) in [6, 6.07) is 7.87. The number of hydrogen-bond donors (Lipinski definition) is 1. The summed E-state index contributed by atoms with van der Waals surface area (Å²) in [5.41, 5.74) is -0.534. The molecule has 2 unspecified atom stereocenters. The van der Waals surface area contributed by atoms with Gasteiger partial charge in [0.25, 0.3) is 0 Å². The molecule has 2 rings (SSSR count). The van der Waals surface area contributed by atoms with Crippen LogP contribution in [-0.4, -0.2) is 16.3 Å². The Hall–Kier alpha value is -0.380. The normalized spacial score (nSPS) is 28.1. The van der Waals surface area contributed by atoms with Crippen molar-refractivity contribution in [2.75, 3.05) is 0 Å². The zero-order valence-electron chi connectivity index (χ0n) is 12.3. The summed E-state index contributed by atoms with van der Waals surface area (Å²) in [6.07, 6.45) is 0.842. The number of hydrogen-bond acceptors (Lipinski definition) is 2. The average molecular weight is 327 g/mol. The van der Waals surface area contributed by atoms with Gasteiger partial charge in [0.2, 0.25) is 0 Å². The summed E-state index contributed by atoms with van der Waals surface area (Å²) in [5.74, 6) is 0.0497. The molecular formula is C16H23BrO2. The van der Waals surface area contributed by atoms with Crippen LogP contribution in [0, 0.1) is 5.92 Å². The number of benzene rings is 1. The third-order valence-electron chi connectivity index (χ3n) is 4.17. The van der Waals surface area contributed by atoms with Gasteiger partial charge in [-0.25, -0.2) is 0 Å². The molecule has 1 aromatic rings. The van der Waals surface area contributed by atoms with Crippen LogP contribution < -0.4 is 0 Å². The van der Waals surface area contributed by atoms with Crippen molar-refractivity contribution in [1.82, 2.24) is 0 Å². The largest absolute Gasteiger partial charge is 0.385 e. The predicted molar refractivity (Wildman–Crippen MR) is 81.1 cm³/mol. The average Bonchev–Trinajstić information content (AvgIpc) is 2.47. The molecule has 3 heteroatoms.